The van der Waals surface area contributed by atoms with Gasteiger partial charge < -0.3 is 10.3 Å². The van der Waals surface area contributed by atoms with Gasteiger partial charge in [-0.25, -0.2) is 0 Å². The molecule has 0 aliphatic heterocycles. The standard InChI is InChI=1S/C19H14N4O/c24-19(13-4-7-20-8-5-13)23-15-10-14(11-21-12-15)16-2-1-3-18-17(16)6-9-22-18/h1-12,22H,(H,23,24). The van der Waals surface area contributed by atoms with Gasteiger partial charge in [0.05, 0.1) is 11.9 Å². The SMILES string of the molecule is O=C(Nc1cncc(-c2cccc3[nH]ccc23)c1)c1ccncc1. The molecule has 0 spiro atoms. The highest BCUT2D eigenvalue weighted by Crippen LogP contribution is 2.29. The number of fused-ring (bicyclic) bond motifs is 1. The van der Waals surface area contributed by atoms with Gasteiger partial charge >= 0.3 is 0 Å². The summed E-state index contributed by atoms with van der Waals surface area (Å²) in [7, 11) is 0. The molecule has 0 unspecified atom stereocenters. The van der Waals surface area contributed by atoms with E-state index in [1.54, 1.807) is 36.9 Å². The van der Waals surface area contributed by atoms with Crippen LogP contribution in [0, 0.1) is 0 Å². The summed E-state index contributed by atoms with van der Waals surface area (Å²) in [5.41, 5.74) is 4.30. The largest absolute Gasteiger partial charge is 0.361 e. The zero-order valence-electron chi connectivity index (χ0n) is 12.7. The lowest BCUT2D eigenvalue weighted by Gasteiger charge is -2.08. The van der Waals surface area contributed by atoms with E-state index in [2.05, 4.69) is 20.3 Å². The molecule has 1 aromatic carbocycles. The van der Waals surface area contributed by atoms with Crippen molar-refractivity contribution in [1.82, 2.24) is 15.0 Å². The Morgan fingerprint density at radius 3 is 2.75 bits per heavy atom. The Hall–Kier alpha value is -3.47. The molecule has 5 heteroatoms. The topological polar surface area (TPSA) is 70.7 Å². The fourth-order valence-electron chi connectivity index (χ4n) is 2.70. The van der Waals surface area contributed by atoms with Crippen LogP contribution in [0.2, 0.25) is 0 Å². The first-order valence-electron chi connectivity index (χ1n) is 7.54. The number of nitrogens with zero attached hydrogens (tertiary/aromatic N) is 2. The van der Waals surface area contributed by atoms with Gasteiger partial charge in [-0.3, -0.25) is 14.8 Å². The van der Waals surface area contributed by atoms with E-state index >= 15 is 0 Å². The summed E-state index contributed by atoms with van der Waals surface area (Å²) in [5.74, 6) is -0.184. The predicted molar refractivity (Wildman–Crippen MR) is 93.7 cm³/mol. The minimum Gasteiger partial charge on any atom is -0.361 e. The molecule has 0 saturated carbocycles. The van der Waals surface area contributed by atoms with Crippen molar-refractivity contribution in [2.75, 3.05) is 5.32 Å². The van der Waals surface area contributed by atoms with E-state index in [0.717, 1.165) is 22.0 Å². The Morgan fingerprint density at radius 2 is 1.88 bits per heavy atom. The van der Waals surface area contributed by atoms with Crippen LogP contribution < -0.4 is 5.32 Å². The van der Waals surface area contributed by atoms with Crippen molar-refractivity contribution in [3.05, 3.63) is 79.0 Å². The van der Waals surface area contributed by atoms with Gasteiger partial charge in [0.1, 0.15) is 0 Å². The molecule has 4 rings (SSSR count). The van der Waals surface area contributed by atoms with E-state index in [9.17, 15) is 4.79 Å². The number of H-pyrrole nitrogens is 1. The summed E-state index contributed by atoms with van der Waals surface area (Å²) < 4.78 is 0. The first-order valence-corrected chi connectivity index (χ1v) is 7.54. The third-order valence-electron chi connectivity index (χ3n) is 3.84. The molecule has 0 fully saturated rings. The van der Waals surface area contributed by atoms with Gasteiger partial charge in [-0.15, -0.1) is 0 Å². The normalized spacial score (nSPS) is 10.7. The number of anilines is 1. The van der Waals surface area contributed by atoms with E-state index in [1.807, 2.05) is 36.5 Å². The highest BCUT2D eigenvalue weighted by Gasteiger charge is 2.09. The number of amides is 1. The second-order valence-corrected chi connectivity index (χ2v) is 5.40. The first-order chi connectivity index (χ1) is 11.8. The zero-order valence-corrected chi connectivity index (χ0v) is 12.7. The van der Waals surface area contributed by atoms with Crippen LogP contribution >= 0.6 is 0 Å². The molecular weight excluding hydrogens is 300 g/mol. The second kappa shape index (κ2) is 5.96. The molecule has 24 heavy (non-hydrogen) atoms. The molecule has 1 amide bonds. The Morgan fingerprint density at radius 1 is 1.00 bits per heavy atom. The summed E-state index contributed by atoms with van der Waals surface area (Å²) in [6.07, 6.45) is 8.53. The van der Waals surface area contributed by atoms with Crippen molar-refractivity contribution in [1.29, 1.82) is 0 Å². The monoisotopic (exact) mass is 314 g/mol. The molecule has 3 heterocycles. The fraction of sp³-hybridized carbons (Fsp3) is 0. The van der Waals surface area contributed by atoms with E-state index in [4.69, 9.17) is 0 Å². The second-order valence-electron chi connectivity index (χ2n) is 5.40. The maximum atomic E-state index is 12.3. The fourth-order valence-corrected chi connectivity index (χ4v) is 2.70. The number of aromatic nitrogens is 3. The average molecular weight is 314 g/mol. The van der Waals surface area contributed by atoms with Crippen molar-refractivity contribution < 1.29 is 4.79 Å². The van der Waals surface area contributed by atoms with Gasteiger partial charge in [0.15, 0.2) is 0 Å². The molecule has 0 saturated heterocycles. The molecule has 0 aliphatic rings. The highest BCUT2D eigenvalue weighted by molar-refractivity contribution is 6.04. The summed E-state index contributed by atoms with van der Waals surface area (Å²) in [6, 6.07) is 13.4. The van der Waals surface area contributed by atoms with Gasteiger partial charge in [0.2, 0.25) is 0 Å². The van der Waals surface area contributed by atoms with Crippen LogP contribution in [0.3, 0.4) is 0 Å². The maximum absolute atomic E-state index is 12.3. The van der Waals surface area contributed by atoms with Gasteiger partial charge in [-0.1, -0.05) is 12.1 Å². The lowest BCUT2D eigenvalue weighted by molar-refractivity contribution is 0.102. The van der Waals surface area contributed by atoms with Crippen LogP contribution in [0.5, 0.6) is 0 Å². The van der Waals surface area contributed by atoms with Crippen LogP contribution in [0.25, 0.3) is 22.0 Å². The summed E-state index contributed by atoms with van der Waals surface area (Å²) >= 11 is 0. The molecule has 3 aromatic heterocycles. The number of pyridine rings is 2. The molecule has 0 aliphatic carbocycles. The van der Waals surface area contributed by atoms with Crippen molar-refractivity contribution in [2.45, 2.75) is 0 Å². The summed E-state index contributed by atoms with van der Waals surface area (Å²) in [4.78, 5) is 23.6. The lowest BCUT2D eigenvalue weighted by Crippen LogP contribution is -2.12. The molecule has 5 nitrogen and oxygen atoms in total. The number of rotatable bonds is 3. The van der Waals surface area contributed by atoms with E-state index in [0.29, 0.717) is 11.3 Å². The Balaban J connectivity index is 1.67. The van der Waals surface area contributed by atoms with Crippen LogP contribution in [0.1, 0.15) is 10.4 Å². The Bertz CT molecular complexity index is 1010. The number of hydrogen-bond donors (Lipinski definition) is 2. The predicted octanol–water partition coefficient (Wildman–Crippen LogP) is 3.88. The van der Waals surface area contributed by atoms with Crippen molar-refractivity contribution >= 4 is 22.5 Å². The number of aromatic amines is 1. The molecule has 0 radical (unpaired) electrons. The van der Waals surface area contributed by atoms with Crippen LogP contribution in [0.15, 0.2) is 73.4 Å². The minimum absolute atomic E-state index is 0.184. The van der Waals surface area contributed by atoms with Crippen LogP contribution in [-0.4, -0.2) is 20.9 Å². The van der Waals surface area contributed by atoms with Gasteiger partial charge in [-0.2, -0.15) is 0 Å². The maximum Gasteiger partial charge on any atom is 0.255 e. The molecule has 116 valence electrons. The molecule has 0 atom stereocenters. The summed E-state index contributed by atoms with van der Waals surface area (Å²) in [6.45, 7) is 0. The Kier molecular flexibility index (Phi) is 3.51. The van der Waals surface area contributed by atoms with Crippen LogP contribution in [-0.2, 0) is 0 Å². The third kappa shape index (κ3) is 2.63. The van der Waals surface area contributed by atoms with Gasteiger partial charge in [-0.05, 0) is 35.9 Å². The number of nitrogens with one attached hydrogen (secondary N) is 2. The summed E-state index contributed by atoms with van der Waals surface area (Å²) in [5, 5.41) is 4.00. The molecular formula is C19H14N4O. The number of hydrogen-bond acceptors (Lipinski definition) is 3. The quantitative estimate of drug-likeness (QED) is 0.603. The average Bonchev–Trinajstić information content (AvgIpc) is 3.11. The number of carbonyl (C=O) groups excluding carboxylic acids is 1. The van der Waals surface area contributed by atoms with Crippen LogP contribution in [0.4, 0.5) is 5.69 Å². The lowest BCUT2D eigenvalue weighted by atomic mass is 10.0. The van der Waals surface area contributed by atoms with Crippen molar-refractivity contribution in [3.63, 3.8) is 0 Å². The van der Waals surface area contributed by atoms with Gasteiger partial charge in [0.25, 0.3) is 5.91 Å². The smallest absolute Gasteiger partial charge is 0.255 e. The van der Waals surface area contributed by atoms with Gasteiger partial charge in [0, 0.05) is 46.8 Å². The van der Waals surface area contributed by atoms with E-state index in [-0.39, 0.29) is 5.91 Å². The molecule has 0 bridgehead atoms. The van der Waals surface area contributed by atoms with Crippen molar-refractivity contribution in [2.24, 2.45) is 0 Å². The molecule has 4 aromatic rings. The number of carbonyl (C=O) groups is 1. The third-order valence-corrected chi connectivity index (χ3v) is 3.84. The Labute approximate surface area is 138 Å². The zero-order chi connectivity index (χ0) is 16.4. The van der Waals surface area contributed by atoms with E-state index in [1.165, 1.54) is 0 Å². The van der Waals surface area contributed by atoms with Crippen molar-refractivity contribution in [3.8, 4) is 11.1 Å². The number of benzene rings is 1. The molecule has 2 N–H and O–H groups in total. The first kappa shape index (κ1) is 14.1. The minimum atomic E-state index is -0.184. The van der Waals surface area contributed by atoms with E-state index < -0.39 is 0 Å². The highest BCUT2D eigenvalue weighted by atomic mass is 16.1.